The molecule has 0 saturated carbocycles. The SMILES string of the molecule is [2H]N1C=CC=[C-]C1([2H])c1ccccc1.[2H]N1C=CC=[C-]C1([2H])c1ccccc1.[Ir+3]. The molecule has 2 nitrogen and oxygen atoms in total. The normalized spacial score (nSPS) is 28.6. The first-order chi connectivity index (χ1) is 13.5. The molecule has 0 aromatic heterocycles. The average molecular weight is 509 g/mol. The summed E-state index contributed by atoms with van der Waals surface area (Å²) in [5.41, 5.74) is 1.49. The van der Waals surface area contributed by atoms with E-state index in [4.69, 9.17) is 5.57 Å². The van der Waals surface area contributed by atoms with Gasteiger partial charge in [0, 0.05) is 2.74 Å². The Morgan fingerprint density at radius 2 is 1.12 bits per heavy atom. The molecule has 0 amide bonds. The van der Waals surface area contributed by atoms with Crippen LogP contribution in [0.4, 0.5) is 0 Å². The summed E-state index contributed by atoms with van der Waals surface area (Å²) in [6.45, 7) is 0. The standard InChI is InChI=1S/2C11H10N.Ir/c2*1-2-6-10(7-3-1)11-8-4-5-9-12-11;/h2*1-7,9,11-12H;/q2*-1;+3/i2*11D;/hD2. The molecule has 2 aliphatic heterocycles. The Morgan fingerprint density at radius 1 is 0.720 bits per heavy atom. The predicted octanol–water partition coefficient (Wildman–Crippen LogP) is 4.41. The van der Waals surface area contributed by atoms with Crippen molar-refractivity contribution in [3.8, 4) is 0 Å². The number of hydrogen-bond acceptors (Lipinski definition) is 2. The van der Waals surface area contributed by atoms with Gasteiger partial charge in [-0.1, -0.05) is 73.1 Å². The molecule has 2 atom stereocenters. The van der Waals surface area contributed by atoms with Gasteiger partial charge in [-0.2, -0.15) is 12.2 Å². The largest absolute Gasteiger partial charge is 3.00 e. The van der Waals surface area contributed by atoms with E-state index < -0.39 is 12.0 Å². The Kier molecular flexibility index (Phi) is 5.83. The predicted molar refractivity (Wildman–Crippen MR) is 98.5 cm³/mol. The number of hydrogen-bond donors (Lipinski definition) is 2. The van der Waals surface area contributed by atoms with Crippen LogP contribution in [0.5, 0.6) is 0 Å². The van der Waals surface area contributed by atoms with Gasteiger partial charge in [0.25, 0.3) is 0 Å². The summed E-state index contributed by atoms with van der Waals surface area (Å²) >= 11 is 0. The summed E-state index contributed by atoms with van der Waals surface area (Å²) in [7, 11) is 0. The zero-order valence-corrected chi connectivity index (χ0v) is 15.9. The van der Waals surface area contributed by atoms with Crippen molar-refractivity contribution in [2.45, 2.75) is 12.0 Å². The first-order valence-corrected chi connectivity index (χ1v) is 7.70. The fourth-order valence-electron chi connectivity index (χ4n) is 2.16. The van der Waals surface area contributed by atoms with E-state index in [0.717, 1.165) is 21.7 Å². The Balaban J connectivity index is 0.000000200. The Bertz CT molecular complexity index is 826. The molecule has 3 heteroatoms. The van der Waals surface area contributed by atoms with Crippen LogP contribution in [0.2, 0.25) is 2.82 Å². The summed E-state index contributed by atoms with van der Waals surface area (Å²) in [6, 6.07) is 16.1. The van der Waals surface area contributed by atoms with Crippen molar-refractivity contribution in [2.75, 3.05) is 0 Å². The van der Waals surface area contributed by atoms with E-state index in [9.17, 15) is 0 Å². The summed E-state index contributed by atoms with van der Waals surface area (Å²) in [5, 5.41) is 2.17. The zero-order valence-electron chi connectivity index (χ0n) is 17.5. The van der Waals surface area contributed by atoms with Gasteiger partial charge in [0.15, 0.2) is 2.82 Å². The third-order valence-electron chi connectivity index (χ3n) is 3.31. The molecule has 0 saturated heterocycles. The summed E-state index contributed by atoms with van der Waals surface area (Å²) in [5.74, 6) is 0. The molecule has 0 aliphatic carbocycles. The molecule has 0 fully saturated rings. The van der Waals surface area contributed by atoms with Crippen molar-refractivity contribution >= 4 is 0 Å². The van der Waals surface area contributed by atoms with Gasteiger partial charge in [-0.05, 0) is 23.2 Å². The third kappa shape index (κ3) is 5.90. The minimum absolute atomic E-state index is 0. The van der Waals surface area contributed by atoms with Crippen LogP contribution in [0, 0.1) is 12.2 Å². The van der Waals surface area contributed by atoms with Gasteiger partial charge >= 0.3 is 20.1 Å². The molecule has 2 aromatic rings. The maximum absolute atomic E-state index is 8.11. The summed E-state index contributed by atoms with van der Waals surface area (Å²) in [4.78, 5) is 0. The molecule has 0 bridgehead atoms. The zero-order chi connectivity index (χ0) is 20.0. The maximum atomic E-state index is 8.11. The average Bonchev–Trinajstić information content (AvgIpc) is 2.74. The molecule has 2 N–H and O–H groups in total. The second-order valence-electron chi connectivity index (χ2n) is 4.99. The molecule has 2 heterocycles. The molecule has 2 unspecified atom stereocenters. The van der Waals surface area contributed by atoms with Crippen LogP contribution < -0.4 is 10.6 Å². The smallest absolute Gasteiger partial charge is 0.413 e. The van der Waals surface area contributed by atoms with E-state index >= 15 is 0 Å². The minimum atomic E-state index is -1.21. The minimum Gasteiger partial charge on any atom is -0.413 e. The summed E-state index contributed by atoms with van der Waals surface area (Å²) in [6.07, 6.45) is 15.6. The molecule has 126 valence electrons. The van der Waals surface area contributed by atoms with Crippen LogP contribution in [-0.2, 0) is 20.1 Å². The molecule has 0 spiro atoms. The third-order valence-corrected chi connectivity index (χ3v) is 3.31. The number of rotatable bonds is 2. The topological polar surface area (TPSA) is 24.1 Å². The van der Waals surface area contributed by atoms with Gasteiger partial charge < -0.3 is 10.6 Å². The molecular formula is C22H20IrN2+. The van der Waals surface area contributed by atoms with E-state index in [-0.39, 0.29) is 20.1 Å². The first kappa shape index (κ1) is 13.9. The Morgan fingerprint density at radius 3 is 1.48 bits per heavy atom. The van der Waals surface area contributed by atoms with Gasteiger partial charge in [-0.3, -0.25) is 0 Å². The van der Waals surface area contributed by atoms with Gasteiger partial charge in [-0.25, -0.2) is 24.3 Å². The number of allylic oxidation sites excluding steroid dienone is 4. The number of benzene rings is 2. The van der Waals surface area contributed by atoms with E-state index in [1.54, 1.807) is 36.7 Å². The van der Waals surface area contributed by atoms with Crippen molar-refractivity contribution < 1.29 is 25.7 Å². The Hall–Kier alpha value is -2.35. The Labute approximate surface area is 169 Å². The molecule has 2 aromatic carbocycles. The van der Waals surface area contributed by atoms with Gasteiger partial charge in [-0.15, -0.1) is 0 Å². The van der Waals surface area contributed by atoms with Crippen LogP contribution in [0.1, 0.15) is 25.9 Å². The van der Waals surface area contributed by atoms with Crippen LogP contribution >= 0.6 is 0 Å². The monoisotopic (exact) mass is 509 g/mol. The molecular weight excluding hydrogens is 484 g/mol. The van der Waals surface area contributed by atoms with Gasteiger partial charge in [0.1, 0.15) is 0 Å². The molecule has 4 rings (SSSR count). The van der Waals surface area contributed by atoms with E-state index in [2.05, 4.69) is 12.2 Å². The van der Waals surface area contributed by atoms with Crippen molar-refractivity contribution in [2.24, 2.45) is 0 Å². The fourth-order valence-corrected chi connectivity index (χ4v) is 2.16. The van der Waals surface area contributed by atoms with E-state index in [0.29, 0.717) is 0 Å². The molecule has 25 heavy (non-hydrogen) atoms. The summed E-state index contributed by atoms with van der Waals surface area (Å²) < 4.78 is 31.5. The van der Waals surface area contributed by atoms with E-state index in [1.807, 2.05) is 60.7 Å². The number of dihydropyridines is 2. The van der Waals surface area contributed by atoms with Crippen LogP contribution in [0.25, 0.3) is 0 Å². The van der Waals surface area contributed by atoms with Gasteiger partial charge in [0.2, 0.25) is 0 Å². The first-order valence-electron chi connectivity index (χ1n) is 9.59. The van der Waals surface area contributed by atoms with Crippen LogP contribution in [0.15, 0.2) is 97.4 Å². The number of nitrogens with one attached hydrogen (secondary N) is 2. The fraction of sp³-hybridized carbons (Fsp3) is 0.0909. The second-order valence-corrected chi connectivity index (χ2v) is 4.99. The van der Waals surface area contributed by atoms with Gasteiger partial charge in [0.05, 0.1) is 0 Å². The van der Waals surface area contributed by atoms with E-state index in [1.165, 1.54) is 0 Å². The maximum Gasteiger partial charge on any atom is 3.00 e. The van der Waals surface area contributed by atoms with Crippen molar-refractivity contribution in [1.82, 2.24) is 10.6 Å². The molecule has 2 aliphatic rings. The van der Waals surface area contributed by atoms with Crippen LogP contribution in [-0.4, -0.2) is 0 Å². The second kappa shape index (κ2) is 10.5. The van der Waals surface area contributed by atoms with Crippen molar-refractivity contribution in [3.63, 3.8) is 0 Å². The quantitative estimate of drug-likeness (QED) is 0.588. The molecule has 0 radical (unpaired) electrons. The van der Waals surface area contributed by atoms with Crippen molar-refractivity contribution in [3.05, 3.63) is 121 Å². The van der Waals surface area contributed by atoms with Crippen LogP contribution in [0.3, 0.4) is 0 Å². The van der Waals surface area contributed by atoms with Crippen molar-refractivity contribution in [1.29, 1.82) is 0 Å².